The Balaban J connectivity index is 3.54. The summed E-state index contributed by atoms with van der Waals surface area (Å²) in [5.41, 5.74) is 0. The molecule has 1 unspecified atom stereocenters. The molecule has 4 heteroatoms. The minimum atomic E-state index is 0.137. The summed E-state index contributed by atoms with van der Waals surface area (Å²) in [6.07, 6.45) is 2.95. The number of amides is 1. The lowest BCUT2D eigenvalue weighted by Crippen LogP contribution is -2.35. The number of nitrogens with zero attached hydrogens (tertiary/aromatic N) is 1. The van der Waals surface area contributed by atoms with E-state index in [-0.39, 0.29) is 11.9 Å². The lowest BCUT2D eigenvalue weighted by atomic mass is 10.1. The molecule has 2 N–H and O–H groups in total. The van der Waals surface area contributed by atoms with E-state index in [1.54, 1.807) is 0 Å². The Labute approximate surface area is 119 Å². The molecule has 19 heavy (non-hydrogen) atoms. The highest BCUT2D eigenvalue weighted by Crippen LogP contribution is 1.99. The maximum atomic E-state index is 11.5. The fourth-order valence-electron chi connectivity index (χ4n) is 2.09. The van der Waals surface area contributed by atoms with Crippen molar-refractivity contribution in [2.45, 2.75) is 66.0 Å². The summed E-state index contributed by atoms with van der Waals surface area (Å²) in [6.45, 7) is 14.8. The minimum absolute atomic E-state index is 0.137. The quantitative estimate of drug-likeness (QED) is 0.604. The molecular weight excluding hydrogens is 238 g/mol. The van der Waals surface area contributed by atoms with E-state index in [0.717, 1.165) is 19.6 Å². The fraction of sp³-hybridized carbons (Fsp3) is 0.933. The summed E-state index contributed by atoms with van der Waals surface area (Å²) in [7, 11) is 0. The molecule has 1 atom stereocenters. The van der Waals surface area contributed by atoms with Crippen molar-refractivity contribution in [3.8, 4) is 0 Å². The summed E-state index contributed by atoms with van der Waals surface area (Å²) in [5.74, 6) is 0.137. The highest BCUT2D eigenvalue weighted by molar-refractivity contribution is 5.76. The Morgan fingerprint density at radius 1 is 1.16 bits per heavy atom. The molecule has 4 nitrogen and oxygen atoms in total. The number of carbonyl (C=O) groups excluding carboxylic acids is 1. The first-order valence-corrected chi connectivity index (χ1v) is 7.74. The molecule has 0 saturated carbocycles. The Hall–Kier alpha value is -0.610. The Morgan fingerprint density at radius 3 is 2.32 bits per heavy atom. The summed E-state index contributed by atoms with van der Waals surface area (Å²) in [4.78, 5) is 13.9. The Bertz CT molecular complexity index is 227. The molecule has 0 radical (unpaired) electrons. The second kappa shape index (κ2) is 11.2. The van der Waals surface area contributed by atoms with E-state index in [2.05, 4.69) is 36.3 Å². The Morgan fingerprint density at radius 2 is 1.79 bits per heavy atom. The molecule has 0 aliphatic carbocycles. The van der Waals surface area contributed by atoms with E-state index >= 15 is 0 Å². The maximum absolute atomic E-state index is 11.5. The van der Waals surface area contributed by atoms with Crippen LogP contribution in [0.15, 0.2) is 0 Å². The van der Waals surface area contributed by atoms with Crippen molar-refractivity contribution in [3.05, 3.63) is 0 Å². The predicted molar refractivity (Wildman–Crippen MR) is 82.4 cm³/mol. The van der Waals surface area contributed by atoms with Crippen molar-refractivity contribution in [1.29, 1.82) is 0 Å². The molecule has 0 heterocycles. The van der Waals surface area contributed by atoms with Crippen molar-refractivity contribution < 1.29 is 4.79 Å². The van der Waals surface area contributed by atoms with Gasteiger partial charge in [0.2, 0.25) is 5.91 Å². The summed E-state index contributed by atoms with van der Waals surface area (Å²) < 4.78 is 0. The van der Waals surface area contributed by atoms with Crippen LogP contribution in [-0.4, -0.2) is 49.1 Å². The average molecular weight is 271 g/mol. The molecular formula is C15H33N3O. The van der Waals surface area contributed by atoms with Crippen molar-refractivity contribution in [2.75, 3.05) is 26.2 Å². The number of rotatable bonds is 11. The van der Waals surface area contributed by atoms with Crippen LogP contribution in [0, 0.1) is 0 Å². The van der Waals surface area contributed by atoms with Crippen LogP contribution in [0.3, 0.4) is 0 Å². The molecule has 0 aliphatic heterocycles. The molecule has 0 aromatic carbocycles. The van der Waals surface area contributed by atoms with Crippen LogP contribution in [0.4, 0.5) is 0 Å². The van der Waals surface area contributed by atoms with Gasteiger partial charge in [0.25, 0.3) is 0 Å². The third-order valence-electron chi connectivity index (χ3n) is 3.30. The van der Waals surface area contributed by atoms with Gasteiger partial charge < -0.3 is 15.5 Å². The van der Waals surface area contributed by atoms with Gasteiger partial charge in [-0.3, -0.25) is 4.79 Å². The van der Waals surface area contributed by atoms with Crippen LogP contribution in [0.2, 0.25) is 0 Å². The lowest BCUT2D eigenvalue weighted by molar-refractivity contribution is -0.121. The third-order valence-corrected chi connectivity index (χ3v) is 3.30. The lowest BCUT2D eigenvalue weighted by Gasteiger charge is -2.19. The molecule has 114 valence electrons. The standard InChI is InChI=1S/C15H33N3O/c1-6-18(7-2)12-8-9-14(5)16-11-10-15(19)17-13(3)4/h13-14,16H,6-12H2,1-5H3,(H,17,19). The first kappa shape index (κ1) is 18.4. The summed E-state index contributed by atoms with van der Waals surface area (Å²) >= 11 is 0. The van der Waals surface area contributed by atoms with E-state index in [4.69, 9.17) is 0 Å². The van der Waals surface area contributed by atoms with Gasteiger partial charge in [-0.25, -0.2) is 0 Å². The van der Waals surface area contributed by atoms with E-state index in [1.165, 1.54) is 19.4 Å². The zero-order chi connectivity index (χ0) is 14.7. The van der Waals surface area contributed by atoms with Gasteiger partial charge in [-0.05, 0) is 53.2 Å². The van der Waals surface area contributed by atoms with E-state index in [9.17, 15) is 4.79 Å². The van der Waals surface area contributed by atoms with Gasteiger partial charge in [0.15, 0.2) is 0 Å². The zero-order valence-corrected chi connectivity index (χ0v) is 13.5. The van der Waals surface area contributed by atoms with Gasteiger partial charge in [-0.2, -0.15) is 0 Å². The van der Waals surface area contributed by atoms with E-state index in [1.807, 2.05) is 13.8 Å². The van der Waals surface area contributed by atoms with Crippen LogP contribution in [0.25, 0.3) is 0 Å². The van der Waals surface area contributed by atoms with Gasteiger partial charge in [0.05, 0.1) is 0 Å². The van der Waals surface area contributed by atoms with Gasteiger partial charge in [0, 0.05) is 25.0 Å². The van der Waals surface area contributed by atoms with Crippen molar-refractivity contribution >= 4 is 5.91 Å². The third kappa shape index (κ3) is 11.0. The SMILES string of the molecule is CCN(CC)CCCC(C)NCCC(=O)NC(C)C. The smallest absolute Gasteiger partial charge is 0.221 e. The largest absolute Gasteiger partial charge is 0.354 e. The van der Waals surface area contributed by atoms with Crippen LogP contribution in [0.5, 0.6) is 0 Å². The number of nitrogens with one attached hydrogen (secondary N) is 2. The number of carbonyl (C=O) groups is 1. The van der Waals surface area contributed by atoms with Gasteiger partial charge in [-0.1, -0.05) is 13.8 Å². The summed E-state index contributed by atoms with van der Waals surface area (Å²) in [5, 5.41) is 6.32. The molecule has 0 saturated heterocycles. The van der Waals surface area contributed by atoms with Crippen molar-refractivity contribution in [1.82, 2.24) is 15.5 Å². The van der Waals surface area contributed by atoms with Crippen LogP contribution in [0.1, 0.15) is 53.9 Å². The molecule has 0 fully saturated rings. The first-order valence-electron chi connectivity index (χ1n) is 7.74. The highest BCUT2D eigenvalue weighted by Gasteiger charge is 2.06. The maximum Gasteiger partial charge on any atom is 0.221 e. The van der Waals surface area contributed by atoms with Crippen molar-refractivity contribution in [3.63, 3.8) is 0 Å². The second-order valence-corrected chi connectivity index (χ2v) is 5.50. The molecule has 0 aliphatic rings. The zero-order valence-electron chi connectivity index (χ0n) is 13.5. The molecule has 0 rings (SSSR count). The van der Waals surface area contributed by atoms with Crippen molar-refractivity contribution in [2.24, 2.45) is 0 Å². The van der Waals surface area contributed by atoms with Crippen LogP contribution >= 0.6 is 0 Å². The van der Waals surface area contributed by atoms with Gasteiger partial charge in [-0.15, -0.1) is 0 Å². The number of hydrogen-bond donors (Lipinski definition) is 2. The molecule has 1 amide bonds. The monoisotopic (exact) mass is 271 g/mol. The van der Waals surface area contributed by atoms with Crippen LogP contribution < -0.4 is 10.6 Å². The highest BCUT2D eigenvalue weighted by atomic mass is 16.1. The number of hydrogen-bond acceptors (Lipinski definition) is 3. The second-order valence-electron chi connectivity index (χ2n) is 5.50. The molecule has 0 aromatic rings. The average Bonchev–Trinajstić information content (AvgIpc) is 2.33. The molecule has 0 spiro atoms. The van der Waals surface area contributed by atoms with Crippen LogP contribution in [-0.2, 0) is 4.79 Å². The molecule has 0 aromatic heterocycles. The summed E-state index contributed by atoms with van der Waals surface area (Å²) in [6, 6.07) is 0.724. The van der Waals surface area contributed by atoms with E-state index in [0.29, 0.717) is 12.5 Å². The van der Waals surface area contributed by atoms with E-state index < -0.39 is 0 Å². The normalized spacial score (nSPS) is 13.0. The van der Waals surface area contributed by atoms with Gasteiger partial charge >= 0.3 is 0 Å². The minimum Gasteiger partial charge on any atom is -0.354 e. The fourth-order valence-corrected chi connectivity index (χ4v) is 2.09. The first-order chi connectivity index (χ1) is 8.99. The molecule has 0 bridgehead atoms. The topological polar surface area (TPSA) is 44.4 Å². The Kier molecular flexibility index (Phi) is 10.9. The predicted octanol–water partition coefficient (Wildman–Crippen LogP) is 2.00. The van der Waals surface area contributed by atoms with Gasteiger partial charge in [0.1, 0.15) is 0 Å².